The van der Waals surface area contributed by atoms with Crippen LogP contribution < -0.4 is 0 Å². The van der Waals surface area contributed by atoms with Crippen LogP contribution in [0.25, 0.3) is 11.0 Å². The number of phenols is 1. The molecular weight excluding hydrogens is 286 g/mol. The molecule has 3 aromatic rings. The van der Waals surface area contributed by atoms with E-state index in [1.807, 2.05) is 24.3 Å². The van der Waals surface area contributed by atoms with Crippen LogP contribution in [0.3, 0.4) is 0 Å². The van der Waals surface area contributed by atoms with Crippen molar-refractivity contribution in [3.63, 3.8) is 0 Å². The molecule has 0 saturated heterocycles. The molecule has 1 aromatic heterocycles. The molecule has 3 heteroatoms. The summed E-state index contributed by atoms with van der Waals surface area (Å²) in [5.74, 6) is 1.27. The van der Waals surface area contributed by atoms with Crippen molar-refractivity contribution in [1.82, 2.24) is 4.90 Å². The van der Waals surface area contributed by atoms with Gasteiger partial charge < -0.3 is 9.52 Å². The fourth-order valence-electron chi connectivity index (χ4n) is 2.93. The average molecular weight is 309 g/mol. The Kier molecular flexibility index (Phi) is 4.68. The molecule has 1 heterocycles. The van der Waals surface area contributed by atoms with Crippen LogP contribution in [0.15, 0.2) is 52.9 Å². The van der Waals surface area contributed by atoms with Gasteiger partial charge in [0, 0.05) is 23.9 Å². The van der Waals surface area contributed by atoms with E-state index in [9.17, 15) is 5.11 Å². The predicted molar refractivity (Wildman–Crippen MR) is 93.8 cm³/mol. The summed E-state index contributed by atoms with van der Waals surface area (Å²) in [6.45, 7) is 6.93. The Morgan fingerprint density at radius 3 is 2.43 bits per heavy atom. The quantitative estimate of drug-likeness (QED) is 0.724. The van der Waals surface area contributed by atoms with E-state index in [-0.39, 0.29) is 0 Å². The lowest BCUT2D eigenvalue weighted by atomic mass is 10.1. The Morgan fingerprint density at radius 1 is 1.00 bits per heavy atom. The van der Waals surface area contributed by atoms with Crippen molar-refractivity contribution in [3.05, 3.63) is 65.4 Å². The molecule has 2 aromatic carbocycles. The Bertz CT molecular complexity index is 773. The number of hydrogen-bond acceptors (Lipinski definition) is 3. The van der Waals surface area contributed by atoms with Gasteiger partial charge in [-0.15, -0.1) is 0 Å². The van der Waals surface area contributed by atoms with Crippen molar-refractivity contribution in [2.75, 3.05) is 13.1 Å². The van der Waals surface area contributed by atoms with E-state index < -0.39 is 0 Å². The predicted octanol–water partition coefficient (Wildman–Crippen LogP) is 4.57. The van der Waals surface area contributed by atoms with E-state index in [4.69, 9.17) is 4.42 Å². The summed E-state index contributed by atoms with van der Waals surface area (Å²) in [7, 11) is 0. The minimum absolute atomic E-state index is 0.344. The highest BCUT2D eigenvalue weighted by molar-refractivity contribution is 5.84. The van der Waals surface area contributed by atoms with Gasteiger partial charge in [-0.25, -0.2) is 0 Å². The molecule has 0 atom stereocenters. The first-order valence-electron chi connectivity index (χ1n) is 8.20. The third-order valence-corrected chi connectivity index (χ3v) is 4.34. The minimum Gasteiger partial charge on any atom is -0.508 e. The van der Waals surface area contributed by atoms with Gasteiger partial charge in [0.15, 0.2) is 0 Å². The molecule has 0 unspecified atom stereocenters. The molecule has 0 radical (unpaired) electrons. The van der Waals surface area contributed by atoms with Gasteiger partial charge in [-0.3, -0.25) is 4.90 Å². The second-order valence-electron chi connectivity index (χ2n) is 5.81. The van der Waals surface area contributed by atoms with Crippen LogP contribution in [-0.2, 0) is 13.0 Å². The first-order valence-corrected chi connectivity index (χ1v) is 8.20. The van der Waals surface area contributed by atoms with Gasteiger partial charge in [0.25, 0.3) is 0 Å². The number of nitrogens with zero attached hydrogens (tertiary/aromatic N) is 1. The number of phenolic OH excluding ortho intramolecular Hbond substituents is 1. The number of furan rings is 1. The second-order valence-corrected chi connectivity index (χ2v) is 5.81. The normalized spacial score (nSPS) is 11.4. The highest BCUT2D eigenvalue weighted by Crippen LogP contribution is 2.31. The van der Waals surface area contributed by atoms with E-state index in [0.717, 1.165) is 48.3 Å². The maximum atomic E-state index is 10.3. The maximum Gasteiger partial charge on any atom is 0.134 e. The van der Waals surface area contributed by atoms with Crippen molar-refractivity contribution < 1.29 is 9.52 Å². The molecule has 3 nitrogen and oxygen atoms in total. The third-order valence-electron chi connectivity index (χ3n) is 4.34. The number of fused-ring (bicyclic) bond motifs is 1. The van der Waals surface area contributed by atoms with Crippen molar-refractivity contribution in [1.29, 1.82) is 0 Å². The number of rotatable bonds is 6. The zero-order valence-electron chi connectivity index (χ0n) is 13.7. The Morgan fingerprint density at radius 2 is 1.74 bits per heavy atom. The molecule has 0 aliphatic heterocycles. The van der Waals surface area contributed by atoms with Crippen LogP contribution in [-0.4, -0.2) is 23.1 Å². The second kappa shape index (κ2) is 6.88. The van der Waals surface area contributed by atoms with Crippen LogP contribution >= 0.6 is 0 Å². The van der Waals surface area contributed by atoms with E-state index in [1.54, 1.807) is 6.07 Å². The van der Waals surface area contributed by atoms with Crippen LogP contribution in [0, 0.1) is 0 Å². The monoisotopic (exact) mass is 309 g/mol. The molecule has 0 aliphatic carbocycles. The third kappa shape index (κ3) is 3.40. The molecule has 0 fully saturated rings. The SMILES string of the molecule is CCN(CC)Cc1c(O)ccc2oc(Cc3ccccc3)cc12. The number of aromatic hydroxyl groups is 1. The number of benzene rings is 2. The van der Waals surface area contributed by atoms with Crippen LogP contribution in [0.1, 0.15) is 30.7 Å². The Hall–Kier alpha value is -2.26. The summed E-state index contributed by atoms with van der Waals surface area (Å²) < 4.78 is 5.99. The topological polar surface area (TPSA) is 36.6 Å². The molecule has 0 saturated carbocycles. The van der Waals surface area contributed by atoms with Gasteiger partial charge in [0.2, 0.25) is 0 Å². The summed E-state index contributed by atoms with van der Waals surface area (Å²) in [4.78, 5) is 2.29. The molecule has 0 aliphatic rings. The lowest BCUT2D eigenvalue weighted by Gasteiger charge is -2.19. The van der Waals surface area contributed by atoms with E-state index >= 15 is 0 Å². The van der Waals surface area contributed by atoms with Gasteiger partial charge in [0.1, 0.15) is 17.1 Å². The number of hydrogen-bond donors (Lipinski definition) is 1. The molecule has 3 rings (SSSR count). The van der Waals surface area contributed by atoms with Crippen molar-refractivity contribution in [2.24, 2.45) is 0 Å². The van der Waals surface area contributed by atoms with E-state index in [2.05, 4.69) is 36.9 Å². The summed E-state index contributed by atoms with van der Waals surface area (Å²) >= 11 is 0. The zero-order valence-corrected chi connectivity index (χ0v) is 13.7. The molecular formula is C20H23NO2. The van der Waals surface area contributed by atoms with E-state index in [1.165, 1.54) is 5.56 Å². The van der Waals surface area contributed by atoms with Gasteiger partial charge >= 0.3 is 0 Å². The molecule has 0 spiro atoms. The Labute approximate surface area is 137 Å². The standard InChI is InChI=1S/C20H23NO2/c1-3-21(4-2)14-18-17-13-16(12-15-8-6-5-7-9-15)23-20(17)11-10-19(18)22/h5-11,13,22H,3-4,12,14H2,1-2H3. The lowest BCUT2D eigenvalue weighted by Crippen LogP contribution is -2.22. The fourth-order valence-corrected chi connectivity index (χ4v) is 2.93. The first kappa shape index (κ1) is 15.6. The fraction of sp³-hybridized carbons (Fsp3) is 0.300. The summed E-state index contributed by atoms with van der Waals surface area (Å²) in [5, 5.41) is 11.3. The van der Waals surface area contributed by atoms with Crippen molar-refractivity contribution in [2.45, 2.75) is 26.8 Å². The van der Waals surface area contributed by atoms with Crippen LogP contribution in [0.2, 0.25) is 0 Å². The summed E-state index contributed by atoms with van der Waals surface area (Å²) in [6, 6.07) is 15.9. The lowest BCUT2D eigenvalue weighted by molar-refractivity contribution is 0.292. The molecule has 120 valence electrons. The smallest absolute Gasteiger partial charge is 0.134 e. The zero-order chi connectivity index (χ0) is 16.2. The van der Waals surface area contributed by atoms with E-state index in [0.29, 0.717) is 5.75 Å². The average Bonchev–Trinajstić information content (AvgIpc) is 2.98. The first-order chi connectivity index (χ1) is 11.2. The van der Waals surface area contributed by atoms with Crippen LogP contribution in [0.4, 0.5) is 0 Å². The molecule has 0 bridgehead atoms. The van der Waals surface area contributed by atoms with Crippen molar-refractivity contribution in [3.8, 4) is 5.75 Å². The van der Waals surface area contributed by atoms with Crippen molar-refractivity contribution >= 4 is 11.0 Å². The van der Waals surface area contributed by atoms with Gasteiger partial charge in [-0.05, 0) is 36.9 Å². The minimum atomic E-state index is 0.344. The highest BCUT2D eigenvalue weighted by Gasteiger charge is 2.14. The summed E-state index contributed by atoms with van der Waals surface area (Å²) in [6.07, 6.45) is 0.765. The van der Waals surface area contributed by atoms with Gasteiger partial charge in [0.05, 0.1) is 0 Å². The molecule has 1 N–H and O–H groups in total. The maximum absolute atomic E-state index is 10.3. The largest absolute Gasteiger partial charge is 0.508 e. The Balaban J connectivity index is 1.95. The summed E-state index contributed by atoms with van der Waals surface area (Å²) in [5.41, 5.74) is 3.02. The van der Waals surface area contributed by atoms with Crippen LogP contribution in [0.5, 0.6) is 5.75 Å². The van der Waals surface area contributed by atoms with Gasteiger partial charge in [-0.2, -0.15) is 0 Å². The molecule has 23 heavy (non-hydrogen) atoms. The molecule has 0 amide bonds. The van der Waals surface area contributed by atoms with Gasteiger partial charge in [-0.1, -0.05) is 44.2 Å². The highest BCUT2D eigenvalue weighted by atomic mass is 16.3.